The molecule has 0 aromatic heterocycles. The first-order chi connectivity index (χ1) is 6.93. The number of imide groups is 1. The van der Waals surface area contributed by atoms with Gasteiger partial charge in [0.05, 0.1) is 6.17 Å². The van der Waals surface area contributed by atoms with Gasteiger partial charge in [0.2, 0.25) is 12.3 Å². The third-order valence-electron chi connectivity index (χ3n) is 1.59. The van der Waals surface area contributed by atoms with Crippen LogP contribution in [0.15, 0.2) is 0 Å². The van der Waals surface area contributed by atoms with Crippen molar-refractivity contribution in [2.45, 2.75) is 19.1 Å². The number of nitrogens with two attached hydrogens (primary N) is 3. The van der Waals surface area contributed by atoms with E-state index in [-0.39, 0.29) is 13.0 Å². The minimum absolute atomic E-state index is 0.181. The maximum absolute atomic E-state index is 11.3. The van der Waals surface area contributed by atoms with Gasteiger partial charge >= 0.3 is 6.03 Å². The molecule has 0 spiro atoms. The molecule has 4 amide bonds. The molecular formula is C7H15N5O3. The second-order valence-electron chi connectivity index (χ2n) is 2.90. The van der Waals surface area contributed by atoms with E-state index in [2.05, 4.69) is 5.32 Å². The summed E-state index contributed by atoms with van der Waals surface area (Å²) in [6, 6.07) is -1.98. The molecule has 0 saturated carbocycles. The van der Waals surface area contributed by atoms with Gasteiger partial charge in [-0.15, -0.1) is 0 Å². The van der Waals surface area contributed by atoms with Crippen molar-refractivity contribution in [2.24, 2.45) is 17.2 Å². The first kappa shape index (κ1) is 13.3. The highest BCUT2D eigenvalue weighted by molar-refractivity contribution is 5.92. The highest BCUT2D eigenvalue weighted by atomic mass is 16.2. The molecule has 0 aromatic rings. The molecule has 8 heteroatoms. The molecule has 0 saturated heterocycles. The van der Waals surface area contributed by atoms with E-state index in [1.807, 2.05) is 0 Å². The van der Waals surface area contributed by atoms with Crippen molar-refractivity contribution < 1.29 is 14.4 Å². The van der Waals surface area contributed by atoms with Gasteiger partial charge in [-0.3, -0.25) is 14.5 Å². The Morgan fingerprint density at radius 3 is 2.33 bits per heavy atom. The lowest BCUT2D eigenvalue weighted by Gasteiger charge is -2.23. The number of primary amides is 1. The molecule has 0 bridgehead atoms. The minimum atomic E-state index is -1.17. The van der Waals surface area contributed by atoms with Crippen LogP contribution in [0.2, 0.25) is 0 Å². The maximum Gasteiger partial charge on any atom is 0.325 e. The lowest BCUT2D eigenvalue weighted by atomic mass is 10.2. The Hall–Kier alpha value is -1.67. The van der Waals surface area contributed by atoms with Gasteiger partial charge in [-0.05, 0) is 6.92 Å². The fraction of sp³-hybridized carbons (Fsp3) is 0.571. The molecule has 86 valence electrons. The predicted molar refractivity (Wildman–Crippen MR) is 52.1 cm³/mol. The molecule has 0 heterocycles. The SMILES string of the molecule is CC(N)NC(=O)N(C=O)C(CN)C(N)=O. The van der Waals surface area contributed by atoms with Crippen molar-refractivity contribution in [3.8, 4) is 0 Å². The zero-order chi connectivity index (χ0) is 12.0. The number of nitrogens with one attached hydrogen (secondary N) is 1. The Morgan fingerprint density at radius 2 is 2.07 bits per heavy atom. The van der Waals surface area contributed by atoms with E-state index in [4.69, 9.17) is 17.2 Å². The van der Waals surface area contributed by atoms with E-state index in [1.54, 1.807) is 0 Å². The summed E-state index contributed by atoms with van der Waals surface area (Å²) in [6.45, 7) is 1.27. The topological polar surface area (TPSA) is 145 Å². The summed E-state index contributed by atoms with van der Waals surface area (Å²) in [4.78, 5) is 33.4. The molecule has 0 fully saturated rings. The van der Waals surface area contributed by atoms with Crippen LogP contribution in [0.4, 0.5) is 4.79 Å². The van der Waals surface area contributed by atoms with Gasteiger partial charge < -0.3 is 22.5 Å². The van der Waals surface area contributed by atoms with E-state index >= 15 is 0 Å². The van der Waals surface area contributed by atoms with Crippen LogP contribution >= 0.6 is 0 Å². The monoisotopic (exact) mass is 217 g/mol. The quantitative estimate of drug-likeness (QED) is 0.292. The molecule has 0 radical (unpaired) electrons. The first-order valence-corrected chi connectivity index (χ1v) is 4.23. The van der Waals surface area contributed by atoms with E-state index in [0.29, 0.717) is 4.90 Å². The fourth-order valence-electron chi connectivity index (χ4n) is 0.899. The summed E-state index contributed by atoms with van der Waals surface area (Å²) >= 11 is 0. The molecule has 2 unspecified atom stereocenters. The van der Waals surface area contributed by atoms with Crippen LogP contribution in [0.5, 0.6) is 0 Å². The van der Waals surface area contributed by atoms with E-state index in [0.717, 1.165) is 0 Å². The number of hydrogen-bond acceptors (Lipinski definition) is 5. The van der Waals surface area contributed by atoms with Crippen LogP contribution in [0.3, 0.4) is 0 Å². The van der Waals surface area contributed by atoms with Crippen molar-refractivity contribution in [3.05, 3.63) is 0 Å². The summed E-state index contributed by atoms with van der Waals surface area (Å²) in [6.07, 6.45) is -0.466. The molecule has 7 N–H and O–H groups in total. The van der Waals surface area contributed by atoms with Crippen LogP contribution < -0.4 is 22.5 Å². The first-order valence-electron chi connectivity index (χ1n) is 4.23. The summed E-state index contributed by atoms with van der Waals surface area (Å²) < 4.78 is 0. The number of amides is 4. The highest BCUT2D eigenvalue weighted by Crippen LogP contribution is 1.95. The molecular weight excluding hydrogens is 202 g/mol. The van der Waals surface area contributed by atoms with E-state index in [1.165, 1.54) is 6.92 Å². The predicted octanol–water partition coefficient (Wildman–Crippen LogP) is -2.73. The van der Waals surface area contributed by atoms with Crippen LogP contribution in [-0.2, 0) is 9.59 Å². The Balaban J connectivity index is 4.65. The van der Waals surface area contributed by atoms with Crippen LogP contribution in [0.25, 0.3) is 0 Å². The molecule has 0 aromatic carbocycles. The van der Waals surface area contributed by atoms with Gasteiger partial charge in [0.15, 0.2) is 0 Å². The highest BCUT2D eigenvalue weighted by Gasteiger charge is 2.26. The van der Waals surface area contributed by atoms with Gasteiger partial charge in [-0.2, -0.15) is 0 Å². The number of hydrogen-bond donors (Lipinski definition) is 4. The zero-order valence-corrected chi connectivity index (χ0v) is 8.34. The number of urea groups is 1. The number of carbonyl (C=O) groups excluding carboxylic acids is 3. The van der Waals surface area contributed by atoms with Gasteiger partial charge in [0.1, 0.15) is 6.04 Å². The maximum atomic E-state index is 11.3. The molecule has 0 aliphatic rings. The average Bonchev–Trinajstić information content (AvgIpc) is 2.11. The molecule has 15 heavy (non-hydrogen) atoms. The summed E-state index contributed by atoms with van der Waals surface area (Å²) in [5.41, 5.74) is 15.4. The normalized spacial score (nSPS) is 13.8. The lowest BCUT2D eigenvalue weighted by molar-refractivity contribution is -0.128. The second-order valence-corrected chi connectivity index (χ2v) is 2.90. The molecule has 8 nitrogen and oxygen atoms in total. The van der Waals surface area contributed by atoms with Crippen molar-refractivity contribution >= 4 is 18.3 Å². The summed E-state index contributed by atoms with van der Waals surface area (Å²) in [5, 5.41) is 2.23. The Morgan fingerprint density at radius 1 is 1.53 bits per heavy atom. The van der Waals surface area contributed by atoms with E-state index in [9.17, 15) is 14.4 Å². The Labute approximate surface area is 86.7 Å². The number of nitrogens with zero attached hydrogens (tertiary/aromatic N) is 1. The zero-order valence-electron chi connectivity index (χ0n) is 8.34. The summed E-state index contributed by atoms with van der Waals surface area (Å²) in [5.74, 6) is -0.857. The molecule has 2 atom stereocenters. The second kappa shape index (κ2) is 5.94. The van der Waals surface area contributed by atoms with Gasteiger partial charge in [-0.25, -0.2) is 4.79 Å². The lowest BCUT2D eigenvalue weighted by Crippen LogP contribution is -2.56. The Kier molecular flexibility index (Phi) is 5.27. The van der Waals surface area contributed by atoms with Gasteiger partial charge in [0.25, 0.3) is 0 Å². The Bertz CT molecular complexity index is 255. The van der Waals surface area contributed by atoms with Crippen molar-refractivity contribution in [3.63, 3.8) is 0 Å². The van der Waals surface area contributed by atoms with Crippen LogP contribution in [0.1, 0.15) is 6.92 Å². The van der Waals surface area contributed by atoms with Crippen LogP contribution in [-0.4, -0.2) is 42.0 Å². The molecule has 0 aliphatic heterocycles. The number of rotatable bonds is 5. The average molecular weight is 217 g/mol. The van der Waals surface area contributed by atoms with Gasteiger partial charge in [0, 0.05) is 6.54 Å². The van der Waals surface area contributed by atoms with Gasteiger partial charge in [-0.1, -0.05) is 0 Å². The van der Waals surface area contributed by atoms with E-state index < -0.39 is 24.1 Å². The van der Waals surface area contributed by atoms with Crippen molar-refractivity contribution in [1.29, 1.82) is 0 Å². The minimum Gasteiger partial charge on any atom is -0.368 e. The smallest absolute Gasteiger partial charge is 0.325 e. The molecule has 0 aliphatic carbocycles. The van der Waals surface area contributed by atoms with Crippen molar-refractivity contribution in [1.82, 2.24) is 10.2 Å². The third kappa shape index (κ3) is 3.92. The fourth-order valence-corrected chi connectivity index (χ4v) is 0.899. The standard InChI is InChI=1S/C7H15N5O3/c1-4(9)11-7(15)12(3-13)5(2-8)6(10)14/h3-5H,2,8-9H2,1H3,(H2,10,14)(H,11,15). The largest absolute Gasteiger partial charge is 0.368 e. The molecule has 0 rings (SSSR count). The van der Waals surface area contributed by atoms with Crippen molar-refractivity contribution in [2.75, 3.05) is 6.54 Å². The summed E-state index contributed by atoms with van der Waals surface area (Å²) in [7, 11) is 0. The van der Waals surface area contributed by atoms with Crippen LogP contribution in [0, 0.1) is 0 Å². The third-order valence-corrected chi connectivity index (χ3v) is 1.59. The number of carbonyl (C=O) groups is 3.